The summed E-state index contributed by atoms with van der Waals surface area (Å²) in [5.41, 5.74) is 2.35. The Kier molecular flexibility index (Phi) is 6.30. The van der Waals surface area contributed by atoms with Crippen molar-refractivity contribution in [3.63, 3.8) is 0 Å². The first-order chi connectivity index (χ1) is 12.3. The topological polar surface area (TPSA) is 79.4 Å². The molecule has 0 atom stereocenters. The van der Waals surface area contributed by atoms with Crippen molar-refractivity contribution in [3.05, 3.63) is 54.1 Å². The number of morpholine rings is 1. The maximum Gasteiger partial charge on any atom is 0.253 e. The Balaban J connectivity index is 1.47. The van der Waals surface area contributed by atoms with Gasteiger partial charge < -0.3 is 15.4 Å². The van der Waals surface area contributed by atoms with E-state index in [-0.39, 0.29) is 5.91 Å². The summed E-state index contributed by atoms with van der Waals surface area (Å²) in [4.78, 5) is 22.8. The number of hydrogen-bond donors (Lipinski definition) is 2. The Bertz CT molecular complexity index is 674. The predicted octanol–water partition coefficient (Wildman–Crippen LogP) is 1.15. The first kappa shape index (κ1) is 17.3. The van der Waals surface area contributed by atoms with Crippen LogP contribution in [0.4, 0.5) is 5.69 Å². The van der Waals surface area contributed by atoms with Crippen LogP contribution < -0.4 is 10.6 Å². The van der Waals surface area contributed by atoms with E-state index in [1.54, 1.807) is 24.8 Å². The fourth-order valence-electron chi connectivity index (χ4n) is 2.63. The summed E-state index contributed by atoms with van der Waals surface area (Å²) >= 11 is 0. The lowest BCUT2D eigenvalue weighted by Gasteiger charge is -2.26. The molecule has 3 rings (SSSR count). The van der Waals surface area contributed by atoms with Gasteiger partial charge in [0.25, 0.3) is 5.91 Å². The van der Waals surface area contributed by atoms with Crippen molar-refractivity contribution in [1.82, 2.24) is 20.2 Å². The smallest absolute Gasteiger partial charge is 0.253 e. The van der Waals surface area contributed by atoms with Crippen LogP contribution in [-0.2, 0) is 11.3 Å². The quantitative estimate of drug-likeness (QED) is 0.786. The van der Waals surface area contributed by atoms with Gasteiger partial charge in [0, 0.05) is 57.5 Å². The van der Waals surface area contributed by atoms with Gasteiger partial charge in [-0.25, -0.2) is 0 Å². The SMILES string of the molecule is O=C(NCc1cccnc1)c1cncc(NCCN2CCOCC2)c1. The predicted molar refractivity (Wildman–Crippen MR) is 95.4 cm³/mol. The van der Waals surface area contributed by atoms with Gasteiger partial charge in [-0.2, -0.15) is 0 Å². The number of nitrogens with zero attached hydrogens (tertiary/aromatic N) is 3. The number of carbonyl (C=O) groups excluding carboxylic acids is 1. The molecule has 1 saturated heterocycles. The van der Waals surface area contributed by atoms with Crippen molar-refractivity contribution in [1.29, 1.82) is 0 Å². The summed E-state index contributed by atoms with van der Waals surface area (Å²) in [6.45, 7) is 5.74. The van der Waals surface area contributed by atoms with Crippen molar-refractivity contribution in [3.8, 4) is 0 Å². The number of rotatable bonds is 7. The highest BCUT2D eigenvalue weighted by molar-refractivity contribution is 5.94. The maximum absolute atomic E-state index is 12.3. The van der Waals surface area contributed by atoms with Crippen LogP contribution in [0.1, 0.15) is 15.9 Å². The Morgan fingerprint density at radius 1 is 1.20 bits per heavy atom. The average Bonchev–Trinajstić information content (AvgIpc) is 2.68. The minimum absolute atomic E-state index is 0.145. The number of carbonyl (C=O) groups is 1. The van der Waals surface area contributed by atoms with Crippen LogP contribution in [-0.4, -0.2) is 60.2 Å². The zero-order valence-electron chi connectivity index (χ0n) is 14.1. The highest BCUT2D eigenvalue weighted by atomic mass is 16.5. The Hall–Kier alpha value is -2.51. The van der Waals surface area contributed by atoms with Crippen LogP contribution in [0.2, 0.25) is 0 Å². The molecule has 7 heteroatoms. The van der Waals surface area contributed by atoms with Crippen molar-refractivity contribution < 1.29 is 9.53 Å². The summed E-state index contributed by atoms with van der Waals surface area (Å²) in [5.74, 6) is -0.145. The van der Waals surface area contributed by atoms with E-state index in [4.69, 9.17) is 4.74 Å². The molecule has 1 aliphatic rings. The molecule has 25 heavy (non-hydrogen) atoms. The largest absolute Gasteiger partial charge is 0.382 e. The molecule has 0 saturated carbocycles. The molecular formula is C18H23N5O2. The summed E-state index contributed by atoms with van der Waals surface area (Å²) < 4.78 is 5.34. The number of hydrogen-bond acceptors (Lipinski definition) is 6. The summed E-state index contributed by atoms with van der Waals surface area (Å²) in [7, 11) is 0. The van der Waals surface area contributed by atoms with Gasteiger partial charge >= 0.3 is 0 Å². The first-order valence-electron chi connectivity index (χ1n) is 8.47. The van der Waals surface area contributed by atoms with Crippen molar-refractivity contribution in [2.45, 2.75) is 6.54 Å². The normalized spacial score (nSPS) is 14.9. The van der Waals surface area contributed by atoms with E-state index in [9.17, 15) is 4.79 Å². The third-order valence-electron chi connectivity index (χ3n) is 4.04. The van der Waals surface area contributed by atoms with E-state index in [1.807, 2.05) is 18.2 Å². The van der Waals surface area contributed by atoms with Gasteiger partial charge in [-0.1, -0.05) is 6.07 Å². The van der Waals surface area contributed by atoms with Crippen LogP contribution in [0.5, 0.6) is 0 Å². The molecule has 0 unspecified atom stereocenters. The molecule has 0 spiro atoms. The molecule has 2 aromatic heterocycles. The second kappa shape index (κ2) is 9.10. The van der Waals surface area contributed by atoms with Gasteiger partial charge in [-0.3, -0.25) is 19.7 Å². The molecule has 0 bridgehead atoms. The van der Waals surface area contributed by atoms with Crippen molar-refractivity contribution in [2.75, 3.05) is 44.7 Å². The number of anilines is 1. The number of aromatic nitrogens is 2. The molecule has 132 valence electrons. The van der Waals surface area contributed by atoms with Crippen LogP contribution in [0.3, 0.4) is 0 Å². The lowest BCUT2D eigenvalue weighted by molar-refractivity contribution is 0.0398. The van der Waals surface area contributed by atoms with Gasteiger partial charge in [0.1, 0.15) is 0 Å². The molecule has 0 aromatic carbocycles. The van der Waals surface area contributed by atoms with E-state index in [2.05, 4.69) is 25.5 Å². The van der Waals surface area contributed by atoms with Gasteiger partial charge in [0.2, 0.25) is 0 Å². The molecule has 7 nitrogen and oxygen atoms in total. The molecule has 2 aromatic rings. The number of ether oxygens (including phenoxy) is 1. The molecule has 1 aliphatic heterocycles. The average molecular weight is 341 g/mol. The fourth-order valence-corrected chi connectivity index (χ4v) is 2.63. The van der Waals surface area contributed by atoms with Crippen LogP contribution in [0.15, 0.2) is 43.0 Å². The third kappa shape index (κ3) is 5.51. The van der Waals surface area contributed by atoms with E-state index in [0.29, 0.717) is 12.1 Å². The molecule has 0 aliphatic carbocycles. The minimum Gasteiger partial charge on any atom is -0.382 e. The molecule has 3 heterocycles. The molecule has 0 radical (unpaired) electrons. The van der Waals surface area contributed by atoms with Gasteiger partial charge in [-0.15, -0.1) is 0 Å². The summed E-state index contributed by atoms with van der Waals surface area (Å²) in [6.07, 6.45) is 6.76. The summed E-state index contributed by atoms with van der Waals surface area (Å²) in [6, 6.07) is 5.60. The monoisotopic (exact) mass is 341 g/mol. The van der Waals surface area contributed by atoms with Crippen LogP contribution in [0.25, 0.3) is 0 Å². The van der Waals surface area contributed by atoms with Crippen molar-refractivity contribution >= 4 is 11.6 Å². The Labute approximate surface area is 147 Å². The Morgan fingerprint density at radius 2 is 2.08 bits per heavy atom. The van der Waals surface area contributed by atoms with Gasteiger partial charge in [0.15, 0.2) is 0 Å². The van der Waals surface area contributed by atoms with E-state index in [1.165, 1.54) is 0 Å². The van der Waals surface area contributed by atoms with Gasteiger partial charge in [-0.05, 0) is 17.7 Å². The third-order valence-corrected chi connectivity index (χ3v) is 4.04. The lowest BCUT2D eigenvalue weighted by Crippen LogP contribution is -2.39. The van der Waals surface area contributed by atoms with E-state index in [0.717, 1.165) is 50.6 Å². The number of nitrogens with one attached hydrogen (secondary N) is 2. The molecular weight excluding hydrogens is 318 g/mol. The zero-order chi connectivity index (χ0) is 17.3. The standard InChI is InChI=1S/C18H23N5O2/c24-18(22-12-15-2-1-3-19-11-15)16-10-17(14-20-13-16)21-4-5-23-6-8-25-9-7-23/h1-3,10-11,13-14,21H,4-9,12H2,(H,22,24). The second-order valence-electron chi connectivity index (χ2n) is 5.89. The second-order valence-corrected chi connectivity index (χ2v) is 5.89. The van der Waals surface area contributed by atoms with Crippen LogP contribution >= 0.6 is 0 Å². The number of amides is 1. The fraction of sp³-hybridized carbons (Fsp3) is 0.389. The molecule has 1 amide bonds. The zero-order valence-corrected chi connectivity index (χ0v) is 14.1. The minimum atomic E-state index is -0.145. The first-order valence-corrected chi connectivity index (χ1v) is 8.47. The summed E-state index contributed by atoms with van der Waals surface area (Å²) in [5, 5.41) is 6.21. The Morgan fingerprint density at radius 3 is 2.88 bits per heavy atom. The van der Waals surface area contributed by atoms with E-state index >= 15 is 0 Å². The number of pyridine rings is 2. The van der Waals surface area contributed by atoms with E-state index < -0.39 is 0 Å². The highest BCUT2D eigenvalue weighted by Gasteiger charge is 2.10. The van der Waals surface area contributed by atoms with Gasteiger partial charge in [0.05, 0.1) is 24.5 Å². The highest BCUT2D eigenvalue weighted by Crippen LogP contribution is 2.09. The molecule has 2 N–H and O–H groups in total. The lowest BCUT2D eigenvalue weighted by atomic mass is 10.2. The van der Waals surface area contributed by atoms with Crippen LogP contribution in [0, 0.1) is 0 Å². The molecule has 1 fully saturated rings. The maximum atomic E-state index is 12.3. The van der Waals surface area contributed by atoms with Crippen molar-refractivity contribution in [2.24, 2.45) is 0 Å².